The zero-order valence-corrected chi connectivity index (χ0v) is 21.6. The molecule has 0 bridgehead atoms. The van der Waals surface area contributed by atoms with Crippen molar-refractivity contribution < 1.29 is 14.0 Å². The summed E-state index contributed by atoms with van der Waals surface area (Å²) in [6, 6.07) is 5.58. The molecule has 3 aromatic rings. The number of piperazine rings is 1. The molecule has 4 rings (SSSR count). The van der Waals surface area contributed by atoms with Gasteiger partial charge < -0.3 is 9.80 Å². The van der Waals surface area contributed by atoms with E-state index in [1.54, 1.807) is 6.07 Å². The Kier molecular flexibility index (Phi) is 9.19. The highest BCUT2D eigenvalue weighted by atomic mass is 19.1. The van der Waals surface area contributed by atoms with Gasteiger partial charge in [-0.15, -0.1) is 10.2 Å². The smallest absolute Gasteiger partial charge is 0.351 e. The third kappa shape index (κ3) is 6.10. The number of aromatic nitrogens is 4. The molecule has 8 nitrogen and oxygen atoms in total. The molecule has 1 fully saturated rings. The number of rotatable bonds is 6. The Morgan fingerprint density at radius 1 is 1.06 bits per heavy atom. The van der Waals surface area contributed by atoms with Gasteiger partial charge in [-0.05, 0) is 81.0 Å². The summed E-state index contributed by atoms with van der Waals surface area (Å²) < 4.78 is 13.2. The van der Waals surface area contributed by atoms with Crippen LogP contribution in [0.1, 0.15) is 48.9 Å². The zero-order valence-electron chi connectivity index (χ0n) is 21.6. The molecule has 1 aliphatic rings. The monoisotopic (exact) mass is 492 g/mol. The molecule has 0 saturated carbocycles. The molecular formula is C27H33FN6O2. The van der Waals surface area contributed by atoms with Crippen molar-refractivity contribution in [3.8, 4) is 11.3 Å². The summed E-state index contributed by atoms with van der Waals surface area (Å²) in [5, 5.41) is 9.05. The van der Waals surface area contributed by atoms with Gasteiger partial charge in [0, 0.05) is 43.6 Å². The van der Waals surface area contributed by atoms with Crippen LogP contribution < -0.4 is 9.80 Å². The number of halogens is 1. The summed E-state index contributed by atoms with van der Waals surface area (Å²) in [5.74, 6) is 1.47. The molecule has 0 aromatic carbocycles. The van der Waals surface area contributed by atoms with Crippen LogP contribution >= 0.6 is 0 Å². The van der Waals surface area contributed by atoms with Gasteiger partial charge in [-0.2, -0.15) is 14.0 Å². The van der Waals surface area contributed by atoms with Crippen molar-refractivity contribution in [3.05, 3.63) is 58.8 Å². The van der Waals surface area contributed by atoms with E-state index in [1.165, 1.54) is 36.2 Å². The first-order chi connectivity index (χ1) is 17.3. The largest absolute Gasteiger partial charge is 0.373 e. The number of pyridine rings is 2. The maximum Gasteiger partial charge on any atom is 0.373 e. The van der Waals surface area contributed by atoms with Crippen LogP contribution in [0.3, 0.4) is 0 Å². The number of carbonyl (C=O) groups excluding carboxylic acids is 2. The lowest BCUT2D eigenvalue weighted by Crippen LogP contribution is -2.53. The maximum absolute atomic E-state index is 13.2. The van der Waals surface area contributed by atoms with Gasteiger partial charge in [-0.1, -0.05) is 13.3 Å². The minimum atomic E-state index is -0.496. The van der Waals surface area contributed by atoms with Crippen LogP contribution in [0.2, 0.25) is 0 Å². The Labute approximate surface area is 211 Å². The van der Waals surface area contributed by atoms with E-state index in [0.29, 0.717) is 6.04 Å². The van der Waals surface area contributed by atoms with E-state index in [1.807, 2.05) is 6.92 Å². The Balaban J connectivity index is 0.00000115. The number of hydrogen-bond donors (Lipinski definition) is 0. The van der Waals surface area contributed by atoms with Gasteiger partial charge in [0.05, 0.1) is 5.69 Å². The number of hydrogen-bond acceptors (Lipinski definition) is 8. The van der Waals surface area contributed by atoms with Crippen LogP contribution in [0.15, 0.2) is 30.6 Å². The van der Waals surface area contributed by atoms with Crippen molar-refractivity contribution in [3.63, 3.8) is 0 Å². The number of nitrogens with zero attached hydrogens (tertiary/aromatic N) is 6. The fourth-order valence-electron chi connectivity index (χ4n) is 4.53. The van der Waals surface area contributed by atoms with Crippen molar-refractivity contribution >= 4 is 17.8 Å². The molecule has 1 aliphatic heterocycles. The number of anilines is 2. The summed E-state index contributed by atoms with van der Waals surface area (Å²) in [5.41, 5.74) is 6.34. The topological polar surface area (TPSA) is 92.2 Å². The highest BCUT2D eigenvalue weighted by Crippen LogP contribution is 2.30. The summed E-state index contributed by atoms with van der Waals surface area (Å²) >= 11 is 0. The SMILES string of the molecule is CCCCc1cnc(N2CCN(c3nnc(-c4ccc(F)nc4)c(C)c3C)C[C@H]2C)cc1C.O=C=O. The summed E-state index contributed by atoms with van der Waals surface area (Å²) in [7, 11) is 0. The standard InChI is InChI=1S/C26H33FN6.CO2/c1-6-7-8-21-14-29-24(13-17(21)2)33-12-11-32(16-18(33)3)26-20(5)19(4)25(30-31-26)22-9-10-23(27)28-15-22;2-1-3/h9-10,13-15,18H,6-8,11-12,16H2,1-5H3;/t18-;/m1./s1. The number of unbranched alkanes of at least 4 members (excludes halogenated alkanes) is 1. The van der Waals surface area contributed by atoms with Crippen LogP contribution in [0.25, 0.3) is 11.3 Å². The van der Waals surface area contributed by atoms with E-state index in [-0.39, 0.29) is 6.15 Å². The Morgan fingerprint density at radius 2 is 1.81 bits per heavy atom. The molecule has 9 heteroatoms. The van der Waals surface area contributed by atoms with Crippen LogP contribution in [0.4, 0.5) is 16.0 Å². The molecule has 0 N–H and O–H groups in total. The van der Waals surface area contributed by atoms with Crippen molar-refractivity contribution in [2.45, 2.75) is 59.9 Å². The van der Waals surface area contributed by atoms with Crippen LogP contribution in [-0.2, 0) is 16.0 Å². The van der Waals surface area contributed by atoms with E-state index in [9.17, 15) is 4.39 Å². The summed E-state index contributed by atoms with van der Waals surface area (Å²) in [6.07, 6.45) is 7.31. The Morgan fingerprint density at radius 3 is 2.42 bits per heavy atom. The average molecular weight is 493 g/mol. The molecule has 190 valence electrons. The molecular weight excluding hydrogens is 459 g/mol. The lowest BCUT2D eigenvalue weighted by molar-refractivity contribution is -0.191. The van der Waals surface area contributed by atoms with Crippen molar-refractivity contribution in [1.82, 2.24) is 20.2 Å². The van der Waals surface area contributed by atoms with Crippen LogP contribution in [-0.4, -0.2) is 52.0 Å². The molecule has 3 aromatic heterocycles. The predicted octanol–water partition coefficient (Wildman–Crippen LogP) is 4.47. The van der Waals surface area contributed by atoms with Crippen molar-refractivity contribution in [1.29, 1.82) is 0 Å². The fourth-order valence-corrected chi connectivity index (χ4v) is 4.53. The minimum Gasteiger partial charge on any atom is -0.351 e. The molecule has 0 amide bonds. The van der Waals surface area contributed by atoms with Gasteiger partial charge in [-0.25, -0.2) is 9.97 Å². The fraction of sp³-hybridized carbons (Fsp3) is 0.444. The molecule has 4 heterocycles. The summed E-state index contributed by atoms with van der Waals surface area (Å²) in [6.45, 7) is 13.4. The third-order valence-electron chi connectivity index (χ3n) is 6.72. The minimum absolute atomic E-state index is 0.250. The van der Waals surface area contributed by atoms with Gasteiger partial charge in [0.1, 0.15) is 5.82 Å². The molecule has 0 radical (unpaired) electrons. The average Bonchev–Trinajstić information content (AvgIpc) is 2.86. The van der Waals surface area contributed by atoms with Crippen molar-refractivity contribution in [2.24, 2.45) is 0 Å². The van der Waals surface area contributed by atoms with Gasteiger partial charge in [0.25, 0.3) is 0 Å². The number of aryl methyl sites for hydroxylation is 2. The van der Waals surface area contributed by atoms with Gasteiger partial charge in [0.15, 0.2) is 5.82 Å². The highest BCUT2D eigenvalue weighted by Gasteiger charge is 2.27. The quantitative estimate of drug-likeness (QED) is 0.466. The molecule has 0 unspecified atom stereocenters. The first kappa shape index (κ1) is 26.9. The normalized spacial score (nSPS) is 15.2. The molecule has 36 heavy (non-hydrogen) atoms. The van der Waals surface area contributed by atoms with E-state index in [2.05, 4.69) is 64.9 Å². The van der Waals surface area contributed by atoms with Crippen LogP contribution in [0.5, 0.6) is 0 Å². The third-order valence-corrected chi connectivity index (χ3v) is 6.72. The highest BCUT2D eigenvalue weighted by molar-refractivity contribution is 5.66. The summed E-state index contributed by atoms with van der Waals surface area (Å²) in [4.78, 5) is 29.5. The van der Waals surface area contributed by atoms with E-state index >= 15 is 0 Å². The van der Waals surface area contributed by atoms with E-state index in [4.69, 9.17) is 14.6 Å². The zero-order chi connectivity index (χ0) is 26.2. The van der Waals surface area contributed by atoms with E-state index in [0.717, 1.165) is 60.1 Å². The molecule has 1 atom stereocenters. The second-order valence-corrected chi connectivity index (χ2v) is 9.14. The maximum atomic E-state index is 13.2. The second-order valence-electron chi connectivity index (χ2n) is 9.14. The first-order valence-corrected chi connectivity index (χ1v) is 12.2. The molecule has 1 saturated heterocycles. The lowest BCUT2D eigenvalue weighted by Gasteiger charge is -2.41. The van der Waals surface area contributed by atoms with Crippen molar-refractivity contribution in [2.75, 3.05) is 29.4 Å². The molecule has 0 aliphatic carbocycles. The lowest BCUT2D eigenvalue weighted by atomic mass is 10.0. The van der Waals surface area contributed by atoms with Crippen LogP contribution in [0, 0.1) is 26.7 Å². The predicted molar refractivity (Wildman–Crippen MR) is 136 cm³/mol. The van der Waals surface area contributed by atoms with Gasteiger partial charge >= 0.3 is 6.15 Å². The Hall–Kier alpha value is -3.71. The van der Waals surface area contributed by atoms with E-state index < -0.39 is 5.95 Å². The van der Waals surface area contributed by atoms with Gasteiger partial charge in [-0.3, -0.25) is 0 Å². The molecule has 0 spiro atoms. The second kappa shape index (κ2) is 12.3. The first-order valence-electron chi connectivity index (χ1n) is 12.2. The van der Waals surface area contributed by atoms with Gasteiger partial charge in [0.2, 0.25) is 5.95 Å². The Bertz CT molecular complexity index is 1210.